The van der Waals surface area contributed by atoms with Crippen molar-refractivity contribution < 1.29 is 12.8 Å². The van der Waals surface area contributed by atoms with Crippen LogP contribution in [-0.2, 0) is 15.4 Å². The van der Waals surface area contributed by atoms with Crippen LogP contribution >= 0.6 is 24.0 Å². The Balaban J connectivity index is 0.00000450. The van der Waals surface area contributed by atoms with Crippen molar-refractivity contribution in [2.75, 3.05) is 26.2 Å². The van der Waals surface area contributed by atoms with Crippen molar-refractivity contribution in [1.29, 1.82) is 0 Å². The number of benzene rings is 1. The van der Waals surface area contributed by atoms with E-state index in [1.54, 1.807) is 12.1 Å². The van der Waals surface area contributed by atoms with E-state index in [0.29, 0.717) is 25.6 Å². The van der Waals surface area contributed by atoms with E-state index in [9.17, 15) is 12.8 Å². The maximum absolute atomic E-state index is 13.5. The van der Waals surface area contributed by atoms with Crippen molar-refractivity contribution in [2.45, 2.75) is 31.1 Å². The minimum atomic E-state index is -3.59. The van der Waals surface area contributed by atoms with Crippen LogP contribution in [0.25, 0.3) is 0 Å². The van der Waals surface area contributed by atoms with E-state index in [4.69, 9.17) is 0 Å². The number of rotatable bonds is 9. The molecule has 0 saturated carbocycles. The second-order valence-electron chi connectivity index (χ2n) is 7.10. The van der Waals surface area contributed by atoms with Gasteiger partial charge in [0, 0.05) is 37.4 Å². The molecule has 0 amide bonds. The fraction of sp³-hybridized carbons (Fsp3) is 0.400. The van der Waals surface area contributed by atoms with Gasteiger partial charge >= 0.3 is 0 Å². The number of sulfonamides is 1. The molecule has 0 bridgehead atoms. The van der Waals surface area contributed by atoms with Crippen LogP contribution in [0.2, 0.25) is 0 Å². The van der Waals surface area contributed by atoms with E-state index in [2.05, 4.69) is 25.3 Å². The predicted molar refractivity (Wildman–Crippen MR) is 128 cm³/mol. The number of aliphatic imine (C=N–C) groups is 1. The largest absolute Gasteiger partial charge is 0.357 e. The predicted octanol–water partition coefficient (Wildman–Crippen LogP) is 2.65. The average molecular weight is 549 g/mol. The molecule has 2 rings (SSSR count). The Morgan fingerprint density at radius 1 is 1.17 bits per heavy atom. The molecule has 0 radical (unpaired) electrons. The summed E-state index contributed by atoms with van der Waals surface area (Å²) in [4.78, 5) is 8.51. The molecular formula is C20H29FIN5O2S. The minimum Gasteiger partial charge on any atom is -0.357 e. The Kier molecular flexibility index (Phi) is 10.6. The maximum Gasteiger partial charge on any atom is 0.242 e. The highest BCUT2D eigenvalue weighted by Gasteiger charge is 2.21. The highest BCUT2D eigenvalue weighted by molar-refractivity contribution is 14.0. The lowest BCUT2D eigenvalue weighted by atomic mass is 9.85. The molecule has 1 aromatic carbocycles. The SMILES string of the molecule is CCNC(=NCC(C)(C)c1cccc(F)c1)NCCNS(=O)(=O)c1cccnc1.I. The molecule has 0 aliphatic carbocycles. The first-order chi connectivity index (χ1) is 13.7. The van der Waals surface area contributed by atoms with Gasteiger partial charge in [-0.3, -0.25) is 9.98 Å². The third-order valence-corrected chi connectivity index (χ3v) is 5.68. The van der Waals surface area contributed by atoms with E-state index in [1.165, 1.54) is 30.6 Å². The summed E-state index contributed by atoms with van der Waals surface area (Å²) in [5.41, 5.74) is 0.508. The zero-order chi connectivity index (χ0) is 21.3. The summed E-state index contributed by atoms with van der Waals surface area (Å²) in [7, 11) is -3.59. The van der Waals surface area contributed by atoms with Crippen molar-refractivity contribution in [1.82, 2.24) is 20.3 Å². The molecule has 2 aromatic rings. The molecule has 0 unspecified atom stereocenters. The number of nitrogens with one attached hydrogen (secondary N) is 3. The number of hydrogen-bond acceptors (Lipinski definition) is 4. The monoisotopic (exact) mass is 549 g/mol. The molecule has 3 N–H and O–H groups in total. The van der Waals surface area contributed by atoms with Crippen LogP contribution in [-0.4, -0.2) is 45.5 Å². The third-order valence-electron chi connectivity index (χ3n) is 4.24. The van der Waals surface area contributed by atoms with Crippen molar-refractivity contribution in [3.8, 4) is 0 Å². The molecule has 1 heterocycles. The summed E-state index contributed by atoms with van der Waals surface area (Å²) >= 11 is 0. The molecule has 0 saturated heterocycles. The second-order valence-corrected chi connectivity index (χ2v) is 8.87. The van der Waals surface area contributed by atoms with Gasteiger partial charge in [0.1, 0.15) is 10.7 Å². The normalized spacial score (nSPS) is 12.2. The van der Waals surface area contributed by atoms with Gasteiger partial charge in [-0.05, 0) is 36.8 Å². The molecule has 166 valence electrons. The number of nitrogens with zero attached hydrogens (tertiary/aromatic N) is 2. The topological polar surface area (TPSA) is 95.5 Å². The lowest BCUT2D eigenvalue weighted by Crippen LogP contribution is -2.42. The van der Waals surface area contributed by atoms with Crippen LogP contribution in [0.1, 0.15) is 26.3 Å². The Bertz CT molecular complexity index is 924. The molecule has 0 fully saturated rings. The lowest BCUT2D eigenvalue weighted by molar-refractivity contribution is 0.529. The Morgan fingerprint density at radius 2 is 1.93 bits per heavy atom. The molecule has 0 aliphatic heterocycles. The van der Waals surface area contributed by atoms with Crippen molar-refractivity contribution in [3.05, 3.63) is 60.2 Å². The van der Waals surface area contributed by atoms with Gasteiger partial charge in [0.25, 0.3) is 0 Å². The van der Waals surface area contributed by atoms with E-state index in [1.807, 2.05) is 26.8 Å². The molecule has 1 aromatic heterocycles. The van der Waals surface area contributed by atoms with Crippen molar-refractivity contribution >= 4 is 40.0 Å². The van der Waals surface area contributed by atoms with Crippen molar-refractivity contribution in [2.24, 2.45) is 4.99 Å². The smallest absolute Gasteiger partial charge is 0.242 e. The van der Waals surface area contributed by atoms with E-state index in [0.717, 1.165) is 5.56 Å². The molecule has 7 nitrogen and oxygen atoms in total. The molecule has 10 heteroatoms. The number of hydrogen-bond donors (Lipinski definition) is 3. The highest BCUT2D eigenvalue weighted by atomic mass is 127. The summed E-state index contributed by atoms with van der Waals surface area (Å²) < 4.78 is 40.4. The van der Waals surface area contributed by atoms with Gasteiger partial charge in [0.15, 0.2) is 5.96 Å². The first kappa shape index (κ1) is 26.2. The molecular weight excluding hydrogens is 520 g/mol. The zero-order valence-corrected chi connectivity index (χ0v) is 20.5. The fourth-order valence-corrected chi connectivity index (χ4v) is 3.57. The third kappa shape index (κ3) is 8.15. The zero-order valence-electron chi connectivity index (χ0n) is 17.4. The fourth-order valence-electron chi connectivity index (χ4n) is 2.57. The van der Waals surface area contributed by atoms with Crippen LogP contribution in [0.15, 0.2) is 58.7 Å². The standard InChI is InChI=1S/C20H28FN5O2S.HI/c1-4-23-19(25-15-20(2,3)16-7-5-8-17(21)13-16)24-11-12-26-29(27,28)18-9-6-10-22-14-18;/h5-10,13-14,26H,4,11-12,15H2,1-3H3,(H2,23,24,25);1H. The molecule has 0 spiro atoms. The molecule has 30 heavy (non-hydrogen) atoms. The lowest BCUT2D eigenvalue weighted by Gasteiger charge is -2.24. The van der Waals surface area contributed by atoms with E-state index >= 15 is 0 Å². The van der Waals surface area contributed by atoms with Gasteiger partial charge in [-0.2, -0.15) is 0 Å². The number of halogens is 2. The Morgan fingerprint density at radius 3 is 2.57 bits per heavy atom. The quantitative estimate of drug-likeness (QED) is 0.194. The van der Waals surface area contributed by atoms with Crippen molar-refractivity contribution in [3.63, 3.8) is 0 Å². The number of pyridine rings is 1. The van der Waals surface area contributed by atoms with E-state index in [-0.39, 0.29) is 46.6 Å². The highest BCUT2D eigenvalue weighted by Crippen LogP contribution is 2.24. The minimum absolute atomic E-state index is 0. The van der Waals surface area contributed by atoms with Gasteiger partial charge in [0.2, 0.25) is 10.0 Å². The molecule has 0 aliphatic rings. The van der Waals surface area contributed by atoms with Crippen LogP contribution in [0.5, 0.6) is 0 Å². The van der Waals surface area contributed by atoms with Gasteiger partial charge in [0.05, 0.1) is 6.54 Å². The van der Waals surface area contributed by atoms with Crippen LogP contribution < -0.4 is 15.4 Å². The second kappa shape index (κ2) is 12.2. The first-order valence-corrected chi connectivity index (χ1v) is 10.9. The number of guanidine groups is 1. The van der Waals surface area contributed by atoms with Gasteiger partial charge in [-0.25, -0.2) is 17.5 Å². The number of aromatic nitrogens is 1. The maximum atomic E-state index is 13.5. The summed E-state index contributed by atoms with van der Waals surface area (Å²) in [5, 5.41) is 6.23. The summed E-state index contributed by atoms with van der Waals surface area (Å²) in [6.07, 6.45) is 2.82. The Hall–Kier alpha value is -1.79. The molecule has 0 atom stereocenters. The van der Waals surface area contributed by atoms with Gasteiger partial charge in [-0.1, -0.05) is 26.0 Å². The first-order valence-electron chi connectivity index (χ1n) is 9.42. The average Bonchev–Trinajstić information content (AvgIpc) is 2.70. The Labute approximate surface area is 195 Å². The van der Waals surface area contributed by atoms with Crippen LogP contribution in [0.3, 0.4) is 0 Å². The van der Waals surface area contributed by atoms with Gasteiger partial charge in [-0.15, -0.1) is 24.0 Å². The summed E-state index contributed by atoms with van der Waals surface area (Å²) in [6, 6.07) is 9.57. The van der Waals surface area contributed by atoms with Gasteiger partial charge < -0.3 is 10.6 Å². The van der Waals surface area contributed by atoms with Crippen LogP contribution in [0, 0.1) is 5.82 Å². The van der Waals surface area contributed by atoms with E-state index < -0.39 is 10.0 Å². The van der Waals surface area contributed by atoms with Crippen LogP contribution in [0.4, 0.5) is 4.39 Å². The summed E-state index contributed by atoms with van der Waals surface area (Å²) in [6.45, 7) is 7.58. The summed E-state index contributed by atoms with van der Waals surface area (Å²) in [5.74, 6) is 0.294.